The minimum Gasteiger partial charge on any atom is -0.371 e. The average molecular weight is 437 g/mol. The van der Waals surface area contributed by atoms with E-state index in [0.717, 1.165) is 35.2 Å². The number of carbonyl (C=O) groups excluding carboxylic acids is 1. The highest BCUT2D eigenvalue weighted by Gasteiger charge is 2.20. The van der Waals surface area contributed by atoms with Gasteiger partial charge >= 0.3 is 0 Å². The quantitative estimate of drug-likeness (QED) is 0.411. The van der Waals surface area contributed by atoms with E-state index >= 15 is 0 Å². The van der Waals surface area contributed by atoms with Crippen molar-refractivity contribution in [2.24, 2.45) is 0 Å². The molecule has 3 heterocycles. The van der Waals surface area contributed by atoms with E-state index in [-0.39, 0.29) is 5.91 Å². The van der Waals surface area contributed by atoms with Crippen LogP contribution in [0.15, 0.2) is 79.1 Å². The first kappa shape index (κ1) is 21.1. The number of benzene rings is 2. The predicted octanol–water partition coefficient (Wildman–Crippen LogP) is 5.56. The summed E-state index contributed by atoms with van der Waals surface area (Å²) in [5, 5.41) is 0.872. The molecule has 2 aromatic carbocycles. The molecule has 166 valence electrons. The van der Waals surface area contributed by atoms with Crippen LogP contribution in [0.2, 0.25) is 0 Å². The van der Waals surface area contributed by atoms with Crippen molar-refractivity contribution < 1.29 is 4.79 Å². The molecule has 1 fully saturated rings. The molecule has 0 unspecified atom stereocenters. The standard InChI is InChI=1S/C28H28N4O/c1-31(20-22-9-3-6-12-27(22)32-17-7-2-8-18-32)28(33)24-19-26(21-13-15-29-16-14-21)30-25-11-5-4-10-23(24)25/h3-6,9-16,19H,2,7-8,17-18,20H2,1H3. The summed E-state index contributed by atoms with van der Waals surface area (Å²) in [5.41, 5.74) is 5.64. The van der Waals surface area contributed by atoms with E-state index in [0.29, 0.717) is 12.1 Å². The Balaban J connectivity index is 1.48. The lowest BCUT2D eigenvalue weighted by Gasteiger charge is -2.31. The summed E-state index contributed by atoms with van der Waals surface area (Å²) in [5.74, 6) is -0.00245. The Kier molecular flexibility index (Phi) is 6.03. The number of para-hydroxylation sites is 2. The first-order valence-electron chi connectivity index (χ1n) is 11.6. The Morgan fingerprint density at radius 1 is 0.939 bits per heavy atom. The summed E-state index contributed by atoms with van der Waals surface area (Å²) in [6, 6.07) is 22.1. The Bertz CT molecular complexity index is 1270. The summed E-state index contributed by atoms with van der Waals surface area (Å²) in [6.07, 6.45) is 7.24. The van der Waals surface area contributed by atoms with Crippen molar-refractivity contribution in [2.45, 2.75) is 25.8 Å². The Morgan fingerprint density at radius 2 is 1.67 bits per heavy atom. The van der Waals surface area contributed by atoms with E-state index in [9.17, 15) is 4.79 Å². The van der Waals surface area contributed by atoms with E-state index in [2.05, 4.69) is 34.1 Å². The largest absolute Gasteiger partial charge is 0.371 e. The fourth-order valence-electron chi connectivity index (χ4n) is 4.64. The van der Waals surface area contributed by atoms with Gasteiger partial charge in [0.15, 0.2) is 0 Å². The molecule has 1 saturated heterocycles. The van der Waals surface area contributed by atoms with Crippen LogP contribution in [-0.2, 0) is 6.54 Å². The minimum atomic E-state index is -0.00245. The van der Waals surface area contributed by atoms with Crippen LogP contribution in [0.5, 0.6) is 0 Å². The van der Waals surface area contributed by atoms with Gasteiger partial charge in [0.1, 0.15) is 0 Å². The third-order valence-electron chi connectivity index (χ3n) is 6.37. The maximum atomic E-state index is 13.7. The van der Waals surface area contributed by atoms with Crippen molar-refractivity contribution in [3.8, 4) is 11.3 Å². The van der Waals surface area contributed by atoms with Crippen LogP contribution in [0.1, 0.15) is 35.2 Å². The second-order valence-corrected chi connectivity index (χ2v) is 8.65. The molecule has 0 radical (unpaired) electrons. The second kappa shape index (κ2) is 9.41. The number of piperidine rings is 1. The molecule has 5 heteroatoms. The molecular formula is C28H28N4O. The zero-order chi connectivity index (χ0) is 22.6. The van der Waals surface area contributed by atoms with Gasteiger partial charge < -0.3 is 9.80 Å². The molecule has 33 heavy (non-hydrogen) atoms. The molecule has 5 nitrogen and oxygen atoms in total. The van der Waals surface area contributed by atoms with Crippen LogP contribution in [-0.4, -0.2) is 40.9 Å². The van der Waals surface area contributed by atoms with Crippen LogP contribution in [0, 0.1) is 0 Å². The van der Waals surface area contributed by atoms with Gasteiger partial charge in [-0.05, 0) is 55.2 Å². The van der Waals surface area contributed by atoms with Crippen LogP contribution in [0.25, 0.3) is 22.2 Å². The highest BCUT2D eigenvalue weighted by atomic mass is 16.2. The highest BCUT2D eigenvalue weighted by Crippen LogP contribution is 2.28. The fraction of sp³-hybridized carbons (Fsp3) is 0.250. The van der Waals surface area contributed by atoms with Crippen LogP contribution in [0.4, 0.5) is 5.69 Å². The van der Waals surface area contributed by atoms with Gasteiger partial charge in [0.05, 0.1) is 16.8 Å². The van der Waals surface area contributed by atoms with E-state index < -0.39 is 0 Å². The Hall–Kier alpha value is -3.73. The third kappa shape index (κ3) is 4.44. The lowest BCUT2D eigenvalue weighted by atomic mass is 10.0. The number of fused-ring (bicyclic) bond motifs is 1. The average Bonchev–Trinajstić information content (AvgIpc) is 2.89. The summed E-state index contributed by atoms with van der Waals surface area (Å²) < 4.78 is 0. The van der Waals surface area contributed by atoms with Gasteiger partial charge in [0.25, 0.3) is 5.91 Å². The number of aromatic nitrogens is 2. The minimum absolute atomic E-state index is 0.00245. The lowest BCUT2D eigenvalue weighted by Crippen LogP contribution is -2.32. The van der Waals surface area contributed by atoms with Gasteiger partial charge in [-0.1, -0.05) is 36.4 Å². The molecular weight excluding hydrogens is 408 g/mol. The number of anilines is 1. The van der Waals surface area contributed by atoms with Crippen LogP contribution in [0.3, 0.4) is 0 Å². The number of nitrogens with zero attached hydrogens (tertiary/aromatic N) is 4. The molecule has 0 bridgehead atoms. The summed E-state index contributed by atoms with van der Waals surface area (Å²) >= 11 is 0. The molecule has 5 rings (SSSR count). The van der Waals surface area contributed by atoms with Crippen LogP contribution < -0.4 is 4.90 Å². The Labute approximate surface area is 194 Å². The molecule has 2 aromatic heterocycles. The van der Waals surface area contributed by atoms with Crippen molar-refractivity contribution in [2.75, 3.05) is 25.0 Å². The molecule has 1 aliphatic rings. The maximum absolute atomic E-state index is 13.7. The predicted molar refractivity (Wildman–Crippen MR) is 133 cm³/mol. The molecule has 0 spiro atoms. The number of carbonyl (C=O) groups is 1. The van der Waals surface area contributed by atoms with E-state index in [1.54, 1.807) is 12.4 Å². The number of pyridine rings is 2. The molecule has 0 aliphatic carbocycles. The van der Waals surface area contributed by atoms with Gasteiger partial charge in [0, 0.05) is 55.7 Å². The smallest absolute Gasteiger partial charge is 0.254 e. The SMILES string of the molecule is CN(Cc1ccccc1N1CCCCC1)C(=O)c1cc(-c2ccncc2)nc2ccccc12. The lowest BCUT2D eigenvalue weighted by molar-refractivity contribution is 0.0787. The number of rotatable bonds is 5. The zero-order valence-electron chi connectivity index (χ0n) is 18.9. The summed E-state index contributed by atoms with van der Waals surface area (Å²) in [7, 11) is 1.89. The molecule has 1 aliphatic heterocycles. The highest BCUT2D eigenvalue weighted by molar-refractivity contribution is 6.07. The normalized spacial score (nSPS) is 13.8. The van der Waals surface area contributed by atoms with Crippen molar-refractivity contribution in [3.63, 3.8) is 0 Å². The topological polar surface area (TPSA) is 49.3 Å². The summed E-state index contributed by atoms with van der Waals surface area (Å²) in [4.78, 5) is 26.9. The molecule has 1 amide bonds. The zero-order valence-corrected chi connectivity index (χ0v) is 18.9. The maximum Gasteiger partial charge on any atom is 0.254 e. The summed E-state index contributed by atoms with van der Waals surface area (Å²) in [6.45, 7) is 2.73. The molecule has 0 N–H and O–H groups in total. The van der Waals surface area contributed by atoms with Gasteiger partial charge in [-0.15, -0.1) is 0 Å². The van der Waals surface area contributed by atoms with Crippen LogP contribution >= 0.6 is 0 Å². The van der Waals surface area contributed by atoms with E-state index in [4.69, 9.17) is 4.98 Å². The molecule has 4 aromatic rings. The van der Waals surface area contributed by atoms with Gasteiger partial charge in [-0.3, -0.25) is 9.78 Å². The monoisotopic (exact) mass is 436 g/mol. The first-order chi connectivity index (χ1) is 16.2. The Morgan fingerprint density at radius 3 is 2.48 bits per heavy atom. The molecule has 0 atom stereocenters. The third-order valence-corrected chi connectivity index (χ3v) is 6.37. The number of amides is 1. The second-order valence-electron chi connectivity index (χ2n) is 8.65. The van der Waals surface area contributed by atoms with Crippen molar-refractivity contribution >= 4 is 22.5 Å². The van der Waals surface area contributed by atoms with Gasteiger partial charge in [-0.2, -0.15) is 0 Å². The number of hydrogen-bond donors (Lipinski definition) is 0. The van der Waals surface area contributed by atoms with Crippen molar-refractivity contribution in [1.29, 1.82) is 0 Å². The number of hydrogen-bond acceptors (Lipinski definition) is 4. The molecule has 0 saturated carbocycles. The van der Waals surface area contributed by atoms with Gasteiger partial charge in [-0.25, -0.2) is 4.98 Å². The van der Waals surface area contributed by atoms with Crippen molar-refractivity contribution in [3.05, 3.63) is 90.3 Å². The van der Waals surface area contributed by atoms with E-state index in [1.807, 2.05) is 54.4 Å². The fourth-order valence-corrected chi connectivity index (χ4v) is 4.64. The van der Waals surface area contributed by atoms with E-state index in [1.165, 1.54) is 30.5 Å². The first-order valence-corrected chi connectivity index (χ1v) is 11.6. The van der Waals surface area contributed by atoms with Crippen molar-refractivity contribution in [1.82, 2.24) is 14.9 Å². The van der Waals surface area contributed by atoms with Gasteiger partial charge in [0.2, 0.25) is 0 Å².